The predicted molar refractivity (Wildman–Crippen MR) is 78.9 cm³/mol. The number of nitrogens with zero attached hydrogens (tertiary/aromatic N) is 1. The van der Waals surface area contributed by atoms with E-state index in [4.69, 9.17) is 5.73 Å². The van der Waals surface area contributed by atoms with Gasteiger partial charge < -0.3 is 5.73 Å². The van der Waals surface area contributed by atoms with Crippen molar-refractivity contribution in [2.45, 2.75) is 13.0 Å². The van der Waals surface area contributed by atoms with Crippen molar-refractivity contribution >= 4 is 10.8 Å². The van der Waals surface area contributed by atoms with Crippen LogP contribution in [0.2, 0.25) is 0 Å². The van der Waals surface area contributed by atoms with Gasteiger partial charge in [-0.05, 0) is 41.1 Å². The van der Waals surface area contributed by atoms with E-state index < -0.39 is 0 Å². The lowest BCUT2D eigenvalue weighted by molar-refractivity contribution is 0.614. The standard InChI is InChI=1S/C17H15FN2/c1-11-5-6-13(9-16(11)18)17(19)14-4-2-3-12-7-8-20-10-15(12)14/h2-10,17H,19H2,1H3. The second-order valence-electron chi connectivity index (χ2n) is 4.93. The zero-order valence-electron chi connectivity index (χ0n) is 11.2. The minimum Gasteiger partial charge on any atom is -0.320 e. The Hall–Kier alpha value is -2.26. The highest BCUT2D eigenvalue weighted by Crippen LogP contribution is 2.27. The molecule has 1 atom stereocenters. The van der Waals surface area contributed by atoms with Gasteiger partial charge in [0.1, 0.15) is 5.82 Å². The van der Waals surface area contributed by atoms with Crippen LogP contribution in [0.4, 0.5) is 4.39 Å². The number of rotatable bonds is 2. The van der Waals surface area contributed by atoms with Crippen molar-refractivity contribution in [1.29, 1.82) is 0 Å². The summed E-state index contributed by atoms with van der Waals surface area (Å²) in [6.07, 6.45) is 3.55. The van der Waals surface area contributed by atoms with Gasteiger partial charge in [0.2, 0.25) is 0 Å². The van der Waals surface area contributed by atoms with E-state index in [0.717, 1.165) is 21.9 Å². The molecule has 0 bridgehead atoms. The minimum absolute atomic E-state index is 0.226. The molecular formula is C17H15FN2. The van der Waals surface area contributed by atoms with Gasteiger partial charge in [0.25, 0.3) is 0 Å². The van der Waals surface area contributed by atoms with E-state index in [1.807, 2.05) is 30.3 Å². The number of benzene rings is 2. The largest absolute Gasteiger partial charge is 0.320 e. The van der Waals surface area contributed by atoms with Crippen molar-refractivity contribution < 1.29 is 4.39 Å². The van der Waals surface area contributed by atoms with Gasteiger partial charge in [-0.15, -0.1) is 0 Å². The van der Waals surface area contributed by atoms with Crippen LogP contribution in [0.3, 0.4) is 0 Å². The Kier molecular flexibility index (Phi) is 3.20. The SMILES string of the molecule is Cc1ccc(C(N)c2cccc3ccncc23)cc1F. The highest BCUT2D eigenvalue weighted by molar-refractivity contribution is 5.85. The lowest BCUT2D eigenvalue weighted by Crippen LogP contribution is -2.12. The van der Waals surface area contributed by atoms with Gasteiger partial charge >= 0.3 is 0 Å². The highest BCUT2D eigenvalue weighted by atomic mass is 19.1. The summed E-state index contributed by atoms with van der Waals surface area (Å²) in [5.74, 6) is -0.226. The van der Waals surface area contributed by atoms with Crippen LogP contribution in [-0.2, 0) is 0 Å². The molecule has 2 aromatic carbocycles. The molecule has 3 heteroatoms. The summed E-state index contributed by atoms with van der Waals surface area (Å²) in [6, 6.07) is 12.7. The van der Waals surface area contributed by atoms with Crippen LogP contribution in [0, 0.1) is 12.7 Å². The Morgan fingerprint density at radius 3 is 2.80 bits per heavy atom. The summed E-state index contributed by atoms with van der Waals surface area (Å²) in [7, 11) is 0. The Balaban J connectivity index is 2.12. The minimum atomic E-state index is -0.363. The van der Waals surface area contributed by atoms with Crippen LogP contribution < -0.4 is 5.73 Å². The van der Waals surface area contributed by atoms with E-state index in [2.05, 4.69) is 4.98 Å². The van der Waals surface area contributed by atoms with Gasteiger partial charge in [-0.3, -0.25) is 4.98 Å². The predicted octanol–water partition coefficient (Wildman–Crippen LogP) is 3.73. The van der Waals surface area contributed by atoms with E-state index in [9.17, 15) is 4.39 Å². The second kappa shape index (κ2) is 5.02. The second-order valence-corrected chi connectivity index (χ2v) is 4.93. The Bertz CT molecular complexity index is 763. The first-order valence-corrected chi connectivity index (χ1v) is 6.51. The molecule has 0 aliphatic carbocycles. The smallest absolute Gasteiger partial charge is 0.126 e. The molecule has 20 heavy (non-hydrogen) atoms. The van der Waals surface area contributed by atoms with Crippen molar-refractivity contribution in [3.05, 3.63) is 77.4 Å². The number of nitrogens with two attached hydrogens (primary N) is 1. The van der Waals surface area contributed by atoms with E-state index in [1.165, 1.54) is 6.07 Å². The fraction of sp³-hybridized carbons (Fsp3) is 0.118. The average molecular weight is 266 g/mol. The Morgan fingerprint density at radius 1 is 1.15 bits per heavy atom. The molecule has 0 radical (unpaired) electrons. The molecule has 2 nitrogen and oxygen atoms in total. The van der Waals surface area contributed by atoms with E-state index in [1.54, 1.807) is 25.4 Å². The fourth-order valence-electron chi connectivity index (χ4n) is 2.39. The van der Waals surface area contributed by atoms with E-state index >= 15 is 0 Å². The number of aromatic nitrogens is 1. The average Bonchev–Trinajstić information content (AvgIpc) is 2.49. The summed E-state index contributed by atoms with van der Waals surface area (Å²) in [5.41, 5.74) is 8.66. The molecule has 1 aromatic heterocycles. The molecular weight excluding hydrogens is 251 g/mol. The lowest BCUT2D eigenvalue weighted by atomic mass is 9.95. The maximum atomic E-state index is 13.7. The summed E-state index contributed by atoms with van der Waals surface area (Å²) >= 11 is 0. The number of hydrogen-bond acceptors (Lipinski definition) is 2. The number of aryl methyl sites for hydroxylation is 1. The fourth-order valence-corrected chi connectivity index (χ4v) is 2.39. The molecule has 3 aromatic rings. The molecule has 0 spiro atoms. The number of hydrogen-bond donors (Lipinski definition) is 1. The van der Waals surface area contributed by atoms with Gasteiger partial charge in [0.15, 0.2) is 0 Å². The molecule has 1 unspecified atom stereocenters. The molecule has 0 saturated heterocycles. The third-order valence-electron chi connectivity index (χ3n) is 3.61. The third-order valence-corrected chi connectivity index (χ3v) is 3.61. The Labute approximate surface area is 117 Å². The monoisotopic (exact) mass is 266 g/mol. The van der Waals surface area contributed by atoms with Crippen molar-refractivity contribution in [2.75, 3.05) is 0 Å². The molecule has 0 aliphatic rings. The molecule has 3 rings (SSSR count). The normalized spacial score (nSPS) is 12.6. The summed E-state index contributed by atoms with van der Waals surface area (Å²) in [6.45, 7) is 1.74. The summed E-state index contributed by atoms with van der Waals surface area (Å²) in [4.78, 5) is 4.15. The molecule has 100 valence electrons. The zero-order valence-corrected chi connectivity index (χ0v) is 11.2. The Morgan fingerprint density at radius 2 is 2.00 bits per heavy atom. The van der Waals surface area contributed by atoms with Crippen molar-refractivity contribution in [1.82, 2.24) is 4.98 Å². The van der Waals surface area contributed by atoms with Crippen LogP contribution in [0.25, 0.3) is 10.8 Å². The number of halogens is 1. The van der Waals surface area contributed by atoms with Crippen LogP contribution in [-0.4, -0.2) is 4.98 Å². The first-order chi connectivity index (χ1) is 9.66. The first kappa shape index (κ1) is 12.8. The summed E-state index contributed by atoms with van der Waals surface area (Å²) < 4.78 is 13.7. The maximum absolute atomic E-state index is 13.7. The van der Waals surface area contributed by atoms with Gasteiger partial charge in [-0.1, -0.05) is 30.3 Å². The third kappa shape index (κ3) is 2.17. The molecule has 0 aliphatic heterocycles. The van der Waals surface area contributed by atoms with Gasteiger partial charge in [0, 0.05) is 17.8 Å². The van der Waals surface area contributed by atoms with Crippen LogP contribution in [0.5, 0.6) is 0 Å². The van der Waals surface area contributed by atoms with Crippen molar-refractivity contribution in [3.8, 4) is 0 Å². The molecule has 0 amide bonds. The van der Waals surface area contributed by atoms with E-state index in [0.29, 0.717) is 5.56 Å². The van der Waals surface area contributed by atoms with Crippen molar-refractivity contribution in [3.63, 3.8) is 0 Å². The molecule has 0 saturated carbocycles. The topological polar surface area (TPSA) is 38.9 Å². The quantitative estimate of drug-likeness (QED) is 0.767. The zero-order chi connectivity index (χ0) is 14.1. The lowest BCUT2D eigenvalue weighted by Gasteiger charge is -2.15. The first-order valence-electron chi connectivity index (χ1n) is 6.51. The maximum Gasteiger partial charge on any atom is 0.126 e. The van der Waals surface area contributed by atoms with E-state index in [-0.39, 0.29) is 11.9 Å². The molecule has 0 fully saturated rings. The molecule has 2 N–H and O–H groups in total. The number of fused-ring (bicyclic) bond motifs is 1. The van der Waals surface area contributed by atoms with Crippen molar-refractivity contribution in [2.24, 2.45) is 5.73 Å². The van der Waals surface area contributed by atoms with Crippen LogP contribution in [0.1, 0.15) is 22.7 Å². The van der Waals surface area contributed by atoms with Crippen LogP contribution >= 0.6 is 0 Å². The van der Waals surface area contributed by atoms with Crippen LogP contribution in [0.15, 0.2) is 54.9 Å². The van der Waals surface area contributed by atoms with Gasteiger partial charge in [0.05, 0.1) is 6.04 Å². The van der Waals surface area contributed by atoms with Gasteiger partial charge in [-0.2, -0.15) is 0 Å². The summed E-state index contributed by atoms with van der Waals surface area (Å²) in [5, 5.41) is 2.09. The van der Waals surface area contributed by atoms with Gasteiger partial charge in [-0.25, -0.2) is 4.39 Å². The highest BCUT2D eigenvalue weighted by Gasteiger charge is 2.13. The number of pyridine rings is 1. The molecule has 1 heterocycles.